The highest BCUT2D eigenvalue weighted by molar-refractivity contribution is 7.98. The summed E-state index contributed by atoms with van der Waals surface area (Å²) in [5, 5.41) is 29.7. The van der Waals surface area contributed by atoms with Crippen LogP contribution in [0.25, 0.3) is 0 Å². The smallest absolute Gasteiger partial charge is 0.244 e. The van der Waals surface area contributed by atoms with Crippen LogP contribution in [0.1, 0.15) is 127 Å². The molecule has 3 N–H and O–H groups in total. The number of anilines is 2. The third-order valence-corrected chi connectivity index (χ3v) is 16.8. The Labute approximate surface area is 414 Å². The molecule has 370 valence electrons. The van der Waals surface area contributed by atoms with Gasteiger partial charge in [-0.2, -0.15) is 10.5 Å². The maximum Gasteiger partial charge on any atom is 0.244 e. The van der Waals surface area contributed by atoms with Crippen LogP contribution in [-0.4, -0.2) is 87.7 Å². The largest absolute Gasteiger partial charge is 0.390 e. The molecule has 2 amide bonds. The molecular weight excluding hydrogens is 953 g/mol. The van der Waals surface area contributed by atoms with E-state index in [4.69, 9.17) is 0 Å². The van der Waals surface area contributed by atoms with Gasteiger partial charge in [-0.1, -0.05) is 74.5 Å². The molecule has 7 rings (SSSR count). The number of aromatic nitrogens is 2. The Morgan fingerprint density at radius 3 is 1.67 bits per heavy atom. The van der Waals surface area contributed by atoms with E-state index in [-0.39, 0.29) is 34.1 Å². The Kier molecular flexibility index (Phi) is 17.9. The summed E-state index contributed by atoms with van der Waals surface area (Å²) in [6.07, 6.45) is 6.49. The first-order valence-electron chi connectivity index (χ1n) is 23.3. The summed E-state index contributed by atoms with van der Waals surface area (Å²) in [6, 6.07) is 25.0. The highest BCUT2D eigenvalue weighted by Crippen LogP contribution is 2.52. The third-order valence-electron chi connectivity index (χ3n) is 12.7. The van der Waals surface area contributed by atoms with Gasteiger partial charge in [-0.3, -0.25) is 28.6 Å². The van der Waals surface area contributed by atoms with Gasteiger partial charge < -0.3 is 14.9 Å². The van der Waals surface area contributed by atoms with Crippen LogP contribution in [0.15, 0.2) is 77.8 Å². The molecule has 0 atom stereocenters. The Bertz CT molecular complexity index is 2870. The molecule has 1 aliphatic carbocycles. The summed E-state index contributed by atoms with van der Waals surface area (Å²) in [6.45, 7) is 5.05. The summed E-state index contributed by atoms with van der Waals surface area (Å²) >= 11 is 1.36. The van der Waals surface area contributed by atoms with E-state index in [0.29, 0.717) is 129 Å². The molecule has 3 aliphatic rings. The summed E-state index contributed by atoms with van der Waals surface area (Å²) in [5.41, 5.74) is 2.80. The van der Waals surface area contributed by atoms with Gasteiger partial charge in [0.05, 0.1) is 34.7 Å². The van der Waals surface area contributed by atoms with Gasteiger partial charge in [-0.05, 0) is 80.9 Å². The van der Waals surface area contributed by atoms with E-state index < -0.39 is 55.1 Å². The van der Waals surface area contributed by atoms with Gasteiger partial charge in [-0.15, -0.1) is 11.8 Å². The first kappa shape index (κ1) is 53.2. The number of ketones is 2. The number of nitrogens with one attached hydrogen (secondary N) is 2. The molecule has 4 aromatic rings. The first-order chi connectivity index (χ1) is 33.5. The lowest BCUT2D eigenvalue weighted by atomic mass is 9.95. The quantitative estimate of drug-likeness (QED) is 0.0729. The van der Waals surface area contributed by atoms with Crippen molar-refractivity contribution >= 4 is 66.8 Å². The van der Waals surface area contributed by atoms with Crippen LogP contribution in [0.2, 0.25) is 0 Å². The Morgan fingerprint density at radius 1 is 0.729 bits per heavy atom. The van der Waals surface area contributed by atoms with Crippen LogP contribution < -0.4 is 19.2 Å². The molecule has 3 fully saturated rings. The second kappa shape index (κ2) is 23.6. The van der Waals surface area contributed by atoms with Crippen LogP contribution in [-0.2, 0) is 46.7 Å². The van der Waals surface area contributed by atoms with Crippen LogP contribution in [0.5, 0.6) is 0 Å². The summed E-state index contributed by atoms with van der Waals surface area (Å²) in [5.74, 6) is -1.55. The van der Waals surface area contributed by atoms with Crippen molar-refractivity contribution in [3.05, 3.63) is 112 Å². The second-order valence-corrected chi connectivity index (χ2v) is 22.1. The van der Waals surface area contributed by atoms with Crippen molar-refractivity contribution in [3.63, 3.8) is 0 Å². The number of piperidine rings is 2. The lowest BCUT2D eigenvalue weighted by Gasteiger charge is -2.33. The molecule has 2 aromatic heterocycles. The minimum atomic E-state index is -3.88. The van der Waals surface area contributed by atoms with Gasteiger partial charge in [0.25, 0.3) is 0 Å². The zero-order chi connectivity index (χ0) is 50.6. The number of carbonyl (C=O) groups is 4. The minimum absolute atomic E-state index is 0.0329. The Hall–Kier alpha value is -6.19. The van der Waals surface area contributed by atoms with Gasteiger partial charge in [0.1, 0.15) is 33.5 Å². The van der Waals surface area contributed by atoms with Crippen molar-refractivity contribution < 1.29 is 41.1 Å². The SMILES string of the molecule is CCCC(=O)c1cc(C#N)c(N2CCC(C(=O)NS(=O)(=O)C3(c4ccccc4)CC3)CC2)nc1CO.CCCC(=O)c1cc(C#N)c(N2CCC(C(=O)NS(=O)(=O)Cc3ccccc3)CC2)nc1SC. The van der Waals surface area contributed by atoms with Crippen LogP contribution >= 0.6 is 11.8 Å². The fraction of sp³-hybridized carbons (Fsp3) is 0.440. The topological polar surface area (TPSA) is 261 Å². The van der Waals surface area contributed by atoms with Crippen molar-refractivity contribution in [1.82, 2.24) is 19.4 Å². The number of hydrogen-bond donors (Lipinski definition) is 3. The molecule has 0 bridgehead atoms. The molecule has 70 heavy (non-hydrogen) atoms. The van der Waals surface area contributed by atoms with Crippen molar-refractivity contribution in [1.29, 1.82) is 10.5 Å². The third kappa shape index (κ3) is 12.6. The molecule has 0 spiro atoms. The van der Waals surface area contributed by atoms with E-state index in [2.05, 4.69) is 31.6 Å². The number of pyridine rings is 2. The van der Waals surface area contributed by atoms with Gasteiger partial charge in [0, 0.05) is 56.4 Å². The Balaban J connectivity index is 0.000000230. The maximum atomic E-state index is 13.1. The number of aliphatic hydroxyl groups is 1. The number of sulfonamides is 2. The fourth-order valence-corrected chi connectivity index (χ4v) is 12.2. The highest BCUT2D eigenvalue weighted by Gasteiger charge is 2.56. The highest BCUT2D eigenvalue weighted by atomic mass is 32.2. The number of rotatable bonds is 18. The molecular formula is C50H58N8O9S3. The van der Waals surface area contributed by atoms with E-state index in [9.17, 15) is 51.6 Å². The molecule has 17 nitrogen and oxygen atoms in total. The Morgan fingerprint density at radius 2 is 1.20 bits per heavy atom. The predicted molar refractivity (Wildman–Crippen MR) is 266 cm³/mol. The molecule has 2 saturated heterocycles. The van der Waals surface area contributed by atoms with E-state index in [0.717, 1.165) is 0 Å². The standard InChI is InChI=1S/C26H30N4O5S.C24H28N4O4S2/c1-2-6-23(32)21-15-19(16-27)24(28-22(21)17-31)30-13-9-18(10-14-30)25(33)29-36(34,35)26(11-12-26)20-7-4-3-5-8-20;1-3-7-21(29)20-14-19(15-25)22(26-24(20)33-2)28-12-10-18(11-13-28)23(30)27-34(31,32)16-17-8-5-4-6-9-17/h3-5,7-8,15,18,31H,2,6,9-14,17H2,1H3,(H,29,33);4-6,8-9,14,18H,3,7,10-13,16H2,1-2H3,(H,27,30). The molecule has 2 aliphatic heterocycles. The number of hydrogen-bond acceptors (Lipinski definition) is 16. The van der Waals surface area contributed by atoms with Crippen molar-refractivity contribution in [2.75, 3.05) is 42.2 Å². The number of thioether (sulfide) groups is 1. The van der Waals surface area contributed by atoms with E-state index in [1.165, 1.54) is 17.8 Å². The number of amides is 2. The van der Waals surface area contributed by atoms with Gasteiger partial charge >= 0.3 is 0 Å². The van der Waals surface area contributed by atoms with Crippen molar-refractivity contribution in [2.45, 2.75) is 100 Å². The summed E-state index contributed by atoms with van der Waals surface area (Å²) in [4.78, 5) is 63.2. The van der Waals surface area contributed by atoms with E-state index in [1.54, 1.807) is 60.7 Å². The van der Waals surface area contributed by atoms with Crippen LogP contribution in [0.3, 0.4) is 0 Å². The molecule has 2 aromatic carbocycles. The zero-order valence-electron chi connectivity index (χ0n) is 39.5. The number of nitrogens with zero attached hydrogens (tertiary/aromatic N) is 6. The number of carbonyl (C=O) groups excluding carboxylic acids is 4. The first-order valence-corrected chi connectivity index (χ1v) is 27.7. The maximum absolute atomic E-state index is 13.1. The average Bonchev–Trinajstić information content (AvgIpc) is 4.20. The van der Waals surface area contributed by atoms with E-state index in [1.807, 2.05) is 36.0 Å². The molecule has 20 heteroatoms. The minimum Gasteiger partial charge on any atom is -0.390 e. The average molecular weight is 1010 g/mol. The molecule has 4 heterocycles. The zero-order valence-corrected chi connectivity index (χ0v) is 42.0. The number of benzene rings is 2. The summed E-state index contributed by atoms with van der Waals surface area (Å²) in [7, 11) is -7.67. The number of aliphatic hydroxyl groups excluding tert-OH is 1. The number of nitriles is 2. The normalized spacial score (nSPS) is 15.9. The lowest BCUT2D eigenvalue weighted by Crippen LogP contribution is -2.45. The fourth-order valence-electron chi connectivity index (χ4n) is 8.77. The van der Waals surface area contributed by atoms with Gasteiger partial charge in [0.15, 0.2) is 11.6 Å². The van der Waals surface area contributed by atoms with Crippen LogP contribution in [0.4, 0.5) is 11.6 Å². The van der Waals surface area contributed by atoms with Gasteiger partial charge in [-0.25, -0.2) is 26.8 Å². The second-order valence-electron chi connectivity index (χ2n) is 17.6. The molecule has 1 saturated carbocycles. The molecule has 0 unspecified atom stereocenters. The van der Waals surface area contributed by atoms with Crippen molar-refractivity contribution in [3.8, 4) is 12.1 Å². The number of Topliss-reactive ketones (excluding diaryl/α,β-unsaturated/α-hetero) is 2. The monoisotopic (exact) mass is 1010 g/mol. The molecule has 0 radical (unpaired) electrons. The van der Waals surface area contributed by atoms with Crippen molar-refractivity contribution in [2.24, 2.45) is 11.8 Å². The lowest BCUT2D eigenvalue weighted by molar-refractivity contribution is -0.124. The summed E-state index contributed by atoms with van der Waals surface area (Å²) < 4.78 is 54.5. The van der Waals surface area contributed by atoms with E-state index >= 15 is 0 Å². The van der Waals surface area contributed by atoms with Crippen LogP contribution in [0, 0.1) is 34.5 Å². The van der Waals surface area contributed by atoms with Gasteiger partial charge in [0.2, 0.25) is 31.9 Å². The predicted octanol–water partition coefficient (Wildman–Crippen LogP) is 6.30.